The Morgan fingerprint density at radius 2 is 2.19 bits per heavy atom. The SMILES string of the molecule is COc1ccccc1C1CCNc2cc(CC(C)C)nn21. The molecular formula is C17H23N3O. The summed E-state index contributed by atoms with van der Waals surface area (Å²) in [6.07, 6.45) is 2.04. The van der Waals surface area contributed by atoms with E-state index in [1.54, 1.807) is 7.11 Å². The largest absolute Gasteiger partial charge is 0.496 e. The summed E-state index contributed by atoms with van der Waals surface area (Å²) in [5, 5.41) is 8.28. The van der Waals surface area contributed by atoms with Crippen molar-refractivity contribution in [3.8, 4) is 5.75 Å². The number of benzene rings is 1. The highest BCUT2D eigenvalue weighted by molar-refractivity contribution is 5.44. The quantitative estimate of drug-likeness (QED) is 0.934. The summed E-state index contributed by atoms with van der Waals surface area (Å²) in [5.41, 5.74) is 2.37. The first-order valence-corrected chi connectivity index (χ1v) is 7.64. The van der Waals surface area contributed by atoms with Crippen LogP contribution < -0.4 is 10.1 Å². The van der Waals surface area contributed by atoms with E-state index >= 15 is 0 Å². The number of fused-ring (bicyclic) bond motifs is 1. The predicted octanol–water partition coefficient (Wildman–Crippen LogP) is 3.50. The first kappa shape index (κ1) is 14.0. The molecule has 21 heavy (non-hydrogen) atoms. The maximum atomic E-state index is 5.52. The molecule has 3 rings (SSSR count). The van der Waals surface area contributed by atoms with E-state index in [2.05, 4.69) is 42.0 Å². The lowest BCUT2D eigenvalue weighted by atomic mass is 10.0. The van der Waals surface area contributed by atoms with Crippen LogP contribution in [0.2, 0.25) is 0 Å². The monoisotopic (exact) mass is 285 g/mol. The van der Waals surface area contributed by atoms with Gasteiger partial charge in [-0.05, 0) is 24.8 Å². The zero-order valence-corrected chi connectivity index (χ0v) is 13.0. The van der Waals surface area contributed by atoms with Crippen LogP contribution in [0, 0.1) is 5.92 Å². The van der Waals surface area contributed by atoms with Crippen LogP contribution in [-0.2, 0) is 6.42 Å². The molecule has 0 bridgehead atoms. The molecule has 1 N–H and O–H groups in total. The lowest BCUT2D eigenvalue weighted by Crippen LogP contribution is -2.24. The third kappa shape index (κ3) is 2.75. The molecule has 0 aliphatic carbocycles. The van der Waals surface area contributed by atoms with E-state index in [1.807, 2.05) is 12.1 Å². The van der Waals surface area contributed by atoms with Crippen LogP contribution in [0.25, 0.3) is 0 Å². The number of hydrogen-bond acceptors (Lipinski definition) is 3. The number of nitrogens with one attached hydrogen (secondary N) is 1. The second-order valence-electron chi connectivity index (χ2n) is 6.04. The van der Waals surface area contributed by atoms with Gasteiger partial charge < -0.3 is 10.1 Å². The van der Waals surface area contributed by atoms with Crippen LogP contribution in [0.5, 0.6) is 5.75 Å². The van der Waals surface area contributed by atoms with Crippen LogP contribution in [-0.4, -0.2) is 23.4 Å². The van der Waals surface area contributed by atoms with Crippen molar-refractivity contribution in [2.75, 3.05) is 19.0 Å². The Morgan fingerprint density at radius 1 is 1.38 bits per heavy atom. The zero-order chi connectivity index (χ0) is 14.8. The number of aromatic nitrogens is 2. The molecule has 0 spiro atoms. The van der Waals surface area contributed by atoms with Crippen LogP contribution in [0.15, 0.2) is 30.3 Å². The van der Waals surface area contributed by atoms with Crippen molar-refractivity contribution in [3.05, 3.63) is 41.6 Å². The minimum Gasteiger partial charge on any atom is -0.496 e. The summed E-state index contributed by atoms with van der Waals surface area (Å²) in [7, 11) is 1.73. The number of anilines is 1. The number of nitrogens with zero attached hydrogens (tertiary/aromatic N) is 2. The molecule has 4 nitrogen and oxygen atoms in total. The van der Waals surface area contributed by atoms with Crippen LogP contribution in [0.1, 0.15) is 37.6 Å². The van der Waals surface area contributed by atoms with Gasteiger partial charge >= 0.3 is 0 Å². The Labute approximate surface area is 126 Å². The third-order valence-corrected chi connectivity index (χ3v) is 3.92. The fourth-order valence-corrected chi connectivity index (χ4v) is 3.02. The second-order valence-corrected chi connectivity index (χ2v) is 6.04. The summed E-state index contributed by atoms with van der Waals surface area (Å²) >= 11 is 0. The summed E-state index contributed by atoms with van der Waals surface area (Å²) in [6.45, 7) is 5.42. The molecule has 2 aromatic rings. The Kier molecular flexibility index (Phi) is 3.86. The molecule has 0 saturated carbocycles. The number of methoxy groups -OCH3 is 1. The van der Waals surface area contributed by atoms with Crippen molar-refractivity contribution in [3.63, 3.8) is 0 Å². The molecule has 0 amide bonds. The van der Waals surface area contributed by atoms with Gasteiger partial charge in [0.15, 0.2) is 0 Å². The van der Waals surface area contributed by atoms with Gasteiger partial charge in [0.05, 0.1) is 18.8 Å². The van der Waals surface area contributed by atoms with E-state index in [4.69, 9.17) is 9.84 Å². The molecule has 1 aromatic carbocycles. The van der Waals surface area contributed by atoms with Gasteiger partial charge in [0.25, 0.3) is 0 Å². The highest BCUT2D eigenvalue weighted by Gasteiger charge is 2.25. The molecule has 0 fully saturated rings. The van der Waals surface area contributed by atoms with E-state index in [-0.39, 0.29) is 6.04 Å². The van der Waals surface area contributed by atoms with Gasteiger partial charge in [-0.3, -0.25) is 0 Å². The molecule has 1 unspecified atom stereocenters. The highest BCUT2D eigenvalue weighted by atomic mass is 16.5. The minimum atomic E-state index is 0.248. The highest BCUT2D eigenvalue weighted by Crippen LogP contribution is 2.34. The number of rotatable bonds is 4. The number of hydrogen-bond donors (Lipinski definition) is 1. The molecule has 112 valence electrons. The van der Waals surface area contributed by atoms with Gasteiger partial charge in [-0.2, -0.15) is 5.10 Å². The molecule has 1 aliphatic heterocycles. The Morgan fingerprint density at radius 3 is 2.95 bits per heavy atom. The minimum absolute atomic E-state index is 0.248. The van der Waals surface area contributed by atoms with Crippen molar-refractivity contribution >= 4 is 5.82 Å². The van der Waals surface area contributed by atoms with Gasteiger partial charge in [-0.25, -0.2) is 4.68 Å². The van der Waals surface area contributed by atoms with E-state index in [0.717, 1.165) is 36.6 Å². The van der Waals surface area contributed by atoms with E-state index < -0.39 is 0 Å². The molecule has 2 heterocycles. The van der Waals surface area contributed by atoms with E-state index in [9.17, 15) is 0 Å². The lowest BCUT2D eigenvalue weighted by Gasteiger charge is -2.27. The molecule has 1 aliphatic rings. The molecule has 0 radical (unpaired) electrons. The van der Waals surface area contributed by atoms with Crippen LogP contribution >= 0.6 is 0 Å². The van der Waals surface area contributed by atoms with E-state index in [0.29, 0.717) is 5.92 Å². The Hall–Kier alpha value is -1.97. The number of ether oxygens (including phenoxy) is 1. The zero-order valence-electron chi connectivity index (χ0n) is 13.0. The van der Waals surface area contributed by atoms with Gasteiger partial charge in [0.2, 0.25) is 0 Å². The van der Waals surface area contributed by atoms with Gasteiger partial charge in [0, 0.05) is 18.2 Å². The number of para-hydroxylation sites is 1. The summed E-state index contributed by atoms with van der Waals surface area (Å²) in [6, 6.07) is 10.7. The standard InChI is InChI=1S/C17H23N3O/c1-12(2)10-13-11-17-18-9-8-15(20(17)19-13)14-6-4-5-7-16(14)21-3/h4-7,11-12,15,18H,8-10H2,1-3H3. The van der Waals surface area contributed by atoms with Gasteiger partial charge in [-0.1, -0.05) is 32.0 Å². The van der Waals surface area contributed by atoms with Crippen molar-refractivity contribution in [2.45, 2.75) is 32.7 Å². The lowest BCUT2D eigenvalue weighted by molar-refractivity contribution is 0.391. The Balaban J connectivity index is 1.98. The Bertz CT molecular complexity index is 618. The summed E-state index contributed by atoms with van der Waals surface area (Å²) < 4.78 is 7.65. The van der Waals surface area contributed by atoms with Crippen LogP contribution in [0.3, 0.4) is 0 Å². The van der Waals surface area contributed by atoms with E-state index in [1.165, 1.54) is 5.56 Å². The molecule has 1 atom stereocenters. The van der Waals surface area contributed by atoms with Crippen molar-refractivity contribution < 1.29 is 4.74 Å². The van der Waals surface area contributed by atoms with Crippen molar-refractivity contribution in [1.29, 1.82) is 0 Å². The smallest absolute Gasteiger partial charge is 0.125 e. The van der Waals surface area contributed by atoms with Crippen molar-refractivity contribution in [2.24, 2.45) is 5.92 Å². The first-order valence-electron chi connectivity index (χ1n) is 7.64. The first-order chi connectivity index (χ1) is 10.2. The van der Waals surface area contributed by atoms with Crippen LogP contribution in [0.4, 0.5) is 5.82 Å². The second kappa shape index (κ2) is 5.80. The average Bonchev–Trinajstić information content (AvgIpc) is 2.88. The predicted molar refractivity (Wildman–Crippen MR) is 85.0 cm³/mol. The maximum Gasteiger partial charge on any atom is 0.125 e. The third-order valence-electron chi connectivity index (χ3n) is 3.92. The normalized spacial score (nSPS) is 17.4. The van der Waals surface area contributed by atoms with Gasteiger partial charge in [0.1, 0.15) is 11.6 Å². The fourth-order valence-electron chi connectivity index (χ4n) is 3.02. The molecular weight excluding hydrogens is 262 g/mol. The fraction of sp³-hybridized carbons (Fsp3) is 0.471. The summed E-state index contributed by atoms with van der Waals surface area (Å²) in [4.78, 5) is 0. The maximum absolute atomic E-state index is 5.52. The average molecular weight is 285 g/mol. The summed E-state index contributed by atoms with van der Waals surface area (Å²) in [5.74, 6) is 2.68. The topological polar surface area (TPSA) is 39.1 Å². The molecule has 4 heteroatoms. The van der Waals surface area contributed by atoms with Gasteiger partial charge in [-0.15, -0.1) is 0 Å². The molecule has 0 saturated heterocycles. The molecule has 1 aromatic heterocycles. The van der Waals surface area contributed by atoms with Crippen molar-refractivity contribution in [1.82, 2.24) is 9.78 Å².